The molecule has 8 heteroatoms. The van der Waals surface area contributed by atoms with Crippen LogP contribution in [0.4, 0.5) is 13.8 Å². The number of alkyl halides is 2. The van der Waals surface area contributed by atoms with Crippen molar-refractivity contribution in [3.8, 4) is 5.75 Å². The van der Waals surface area contributed by atoms with E-state index >= 15 is 0 Å². The molecule has 1 amide bonds. The zero-order valence-electron chi connectivity index (χ0n) is 14.4. The van der Waals surface area contributed by atoms with Crippen LogP contribution in [0.1, 0.15) is 63.6 Å². The normalized spacial score (nSPS) is 14.9. The summed E-state index contributed by atoms with van der Waals surface area (Å²) in [5.41, 5.74) is 0.298. The highest BCUT2D eigenvalue weighted by Gasteiger charge is 2.23. The molecule has 1 fully saturated rings. The van der Waals surface area contributed by atoms with Gasteiger partial charge in [-0.3, -0.25) is 4.79 Å². The Labute approximate surface area is 159 Å². The van der Waals surface area contributed by atoms with E-state index in [-0.39, 0.29) is 16.9 Å². The number of hydrogen-bond donors (Lipinski definition) is 2. The molecule has 1 heterocycles. The summed E-state index contributed by atoms with van der Waals surface area (Å²) in [4.78, 5) is 24.9. The summed E-state index contributed by atoms with van der Waals surface area (Å²) < 4.78 is 28.6. The van der Waals surface area contributed by atoms with Gasteiger partial charge in [-0.2, -0.15) is 8.78 Å². The fraction of sp³-hybridized carbons (Fsp3) is 0.368. The smallest absolute Gasteiger partial charge is 0.387 e. The fourth-order valence-corrected chi connectivity index (χ4v) is 4.43. The number of nitrogens with one attached hydrogen (secondary N) is 1. The van der Waals surface area contributed by atoms with Gasteiger partial charge in [0.15, 0.2) is 0 Å². The van der Waals surface area contributed by atoms with Crippen molar-refractivity contribution in [2.24, 2.45) is 0 Å². The van der Waals surface area contributed by atoms with E-state index < -0.39 is 18.5 Å². The molecular formula is C19H19F2NO4S. The molecule has 1 aromatic carbocycles. The molecular weight excluding hydrogens is 376 g/mol. The van der Waals surface area contributed by atoms with Gasteiger partial charge in [0.2, 0.25) is 0 Å². The molecule has 1 saturated carbocycles. The molecule has 2 aromatic rings. The average Bonchev–Trinajstić information content (AvgIpc) is 3.06. The first-order valence-electron chi connectivity index (χ1n) is 8.67. The number of carbonyl (C=O) groups is 2. The predicted octanol–water partition coefficient (Wildman–Crippen LogP) is 5.35. The van der Waals surface area contributed by atoms with Crippen LogP contribution in [0.25, 0.3) is 0 Å². The molecule has 1 aliphatic carbocycles. The van der Waals surface area contributed by atoms with E-state index in [2.05, 4.69) is 10.1 Å². The first kappa shape index (κ1) is 19.3. The van der Waals surface area contributed by atoms with Crippen molar-refractivity contribution < 1.29 is 28.2 Å². The van der Waals surface area contributed by atoms with E-state index in [1.54, 1.807) is 6.07 Å². The van der Waals surface area contributed by atoms with Crippen LogP contribution in [0, 0.1) is 0 Å². The summed E-state index contributed by atoms with van der Waals surface area (Å²) in [5, 5.41) is 12.4. The predicted molar refractivity (Wildman–Crippen MR) is 98.1 cm³/mol. The zero-order valence-corrected chi connectivity index (χ0v) is 15.2. The van der Waals surface area contributed by atoms with Crippen molar-refractivity contribution in [2.45, 2.75) is 44.6 Å². The number of ether oxygens (including phenoxy) is 1. The monoisotopic (exact) mass is 395 g/mol. The molecule has 0 spiro atoms. The average molecular weight is 395 g/mol. The lowest BCUT2D eigenvalue weighted by Crippen LogP contribution is -2.13. The van der Waals surface area contributed by atoms with Crippen LogP contribution in [0.5, 0.6) is 5.75 Å². The molecule has 0 atom stereocenters. The summed E-state index contributed by atoms with van der Waals surface area (Å²) >= 11 is 1.29. The second kappa shape index (κ2) is 8.47. The Morgan fingerprint density at radius 2 is 1.81 bits per heavy atom. The summed E-state index contributed by atoms with van der Waals surface area (Å²) in [5.74, 6) is -1.32. The Morgan fingerprint density at radius 3 is 2.41 bits per heavy atom. The SMILES string of the molecule is O=C(Nc1sc(C2CCCCC2)cc1C(=O)O)c1ccc(OC(F)F)cc1. The number of carboxylic acid groups (broad SMARTS) is 1. The van der Waals surface area contributed by atoms with E-state index in [1.807, 2.05) is 0 Å². The maximum atomic E-state index is 12.4. The van der Waals surface area contributed by atoms with Gasteiger partial charge >= 0.3 is 12.6 Å². The van der Waals surface area contributed by atoms with Crippen LogP contribution in [-0.2, 0) is 0 Å². The van der Waals surface area contributed by atoms with E-state index in [1.165, 1.54) is 42.0 Å². The topological polar surface area (TPSA) is 75.6 Å². The highest BCUT2D eigenvalue weighted by Crippen LogP contribution is 2.40. The van der Waals surface area contributed by atoms with E-state index in [9.17, 15) is 23.5 Å². The number of halogens is 2. The Morgan fingerprint density at radius 1 is 1.15 bits per heavy atom. The third-order valence-corrected chi connectivity index (χ3v) is 5.77. The molecule has 0 saturated heterocycles. The molecule has 0 aliphatic heterocycles. The number of benzene rings is 1. The van der Waals surface area contributed by atoms with E-state index in [4.69, 9.17) is 0 Å². The number of hydrogen-bond acceptors (Lipinski definition) is 4. The van der Waals surface area contributed by atoms with Crippen LogP contribution in [0.3, 0.4) is 0 Å². The van der Waals surface area contributed by atoms with Gasteiger partial charge < -0.3 is 15.2 Å². The van der Waals surface area contributed by atoms with Crippen LogP contribution in [0.2, 0.25) is 0 Å². The number of carboxylic acids is 1. The van der Waals surface area contributed by atoms with Crippen molar-refractivity contribution in [2.75, 3.05) is 5.32 Å². The van der Waals surface area contributed by atoms with Gasteiger partial charge in [-0.05, 0) is 49.1 Å². The molecule has 0 radical (unpaired) electrons. The number of carbonyl (C=O) groups excluding carboxylic acids is 1. The van der Waals surface area contributed by atoms with Crippen molar-refractivity contribution in [3.05, 3.63) is 46.3 Å². The van der Waals surface area contributed by atoms with Crippen LogP contribution >= 0.6 is 11.3 Å². The number of amides is 1. The third kappa shape index (κ3) is 4.82. The van der Waals surface area contributed by atoms with E-state index in [0.717, 1.165) is 30.6 Å². The Bertz CT molecular complexity index is 814. The Balaban J connectivity index is 1.76. The Hall–Kier alpha value is -2.48. The lowest BCUT2D eigenvalue weighted by Gasteiger charge is -2.19. The highest BCUT2D eigenvalue weighted by molar-refractivity contribution is 7.16. The van der Waals surface area contributed by atoms with Gasteiger partial charge in [-0.1, -0.05) is 19.3 Å². The maximum absolute atomic E-state index is 12.4. The molecule has 5 nitrogen and oxygen atoms in total. The summed E-state index contributed by atoms with van der Waals surface area (Å²) in [7, 11) is 0. The zero-order chi connectivity index (χ0) is 19.4. The fourth-order valence-electron chi connectivity index (χ4n) is 3.21. The number of aromatic carboxylic acids is 1. The van der Waals surface area contributed by atoms with Gasteiger partial charge in [0.05, 0.1) is 5.56 Å². The van der Waals surface area contributed by atoms with Crippen molar-refractivity contribution in [1.82, 2.24) is 0 Å². The molecule has 0 unspecified atom stereocenters. The first-order chi connectivity index (χ1) is 12.9. The molecule has 144 valence electrons. The maximum Gasteiger partial charge on any atom is 0.387 e. The molecule has 0 bridgehead atoms. The number of rotatable bonds is 6. The second-order valence-corrected chi connectivity index (χ2v) is 7.47. The Kier molecular flexibility index (Phi) is 6.05. The minimum absolute atomic E-state index is 0.0523. The largest absolute Gasteiger partial charge is 0.478 e. The van der Waals surface area contributed by atoms with Gasteiger partial charge in [0.1, 0.15) is 10.8 Å². The number of anilines is 1. The molecule has 27 heavy (non-hydrogen) atoms. The quantitative estimate of drug-likeness (QED) is 0.692. The summed E-state index contributed by atoms with van der Waals surface area (Å²) in [6.45, 7) is -2.94. The standard InChI is InChI=1S/C19H19F2NO4S/c20-19(21)26-13-8-6-12(7-9-13)16(23)22-17-14(18(24)25)10-15(27-17)11-4-2-1-3-5-11/h6-11,19H,1-5H2,(H,22,23)(H,24,25). The lowest BCUT2D eigenvalue weighted by molar-refractivity contribution is -0.0498. The van der Waals surface area contributed by atoms with E-state index in [0.29, 0.717) is 10.9 Å². The minimum Gasteiger partial charge on any atom is -0.478 e. The van der Waals surface area contributed by atoms with Crippen molar-refractivity contribution >= 4 is 28.2 Å². The molecule has 2 N–H and O–H groups in total. The third-order valence-electron chi connectivity index (χ3n) is 4.56. The van der Waals surface area contributed by atoms with Crippen LogP contribution in [0.15, 0.2) is 30.3 Å². The second-order valence-electron chi connectivity index (χ2n) is 6.39. The molecule has 3 rings (SSSR count). The lowest BCUT2D eigenvalue weighted by atomic mass is 9.88. The van der Waals surface area contributed by atoms with Crippen molar-refractivity contribution in [1.29, 1.82) is 0 Å². The molecule has 1 aliphatic rings. The van der Waals surface area contributed by atoms with Gasteiger partial charge in [0, 0.05) is 10.4 Å². The summed E-state index contributed by atoms with van der Waals surface area (Å²) in [6, 6.07) is 6.88. The van der Waals surface area contributed by atoms with Gasteiger partial charge in [-0.15, -0.1) is 11.3 Å². The van der Waals surface area contributed by atoms with Crippen LogP contribution in [-0.4, -0.2) is 23.6 Å². The molecule has 1 aromatic heterocycles. The van der Waals surface area contributed by atoms with Crippen LogP contribution < -0.4 is 10.1 Å². The number of thiophene rings is 1. The van der Waals surface area contributed by atoms with Gasteiger partial charge in [0.25, 0.3) is 5.91 Å². The minimum atomic E-state index is -2.94. The van der Waals surface area contributed by atoms with Crippen molar-refractivity contribution in [3.63, 3.8) is 0 Å². The van der Waals surface area contributed by atoms with Gasteiger partial charge in [-0.25, -0.2) is 4.79 Å². The summed E-state index contributed by atoms with van der Waals surface area (Å²) in [6.07, 6.45) is 5.50. The first-order valence-corrected chi connectivity index (χ1v) is 9.49. The highest BCUT2D eigenvalue weighted by atomic mass is 32.1.